The van der Waals surface area contributed by atoms with Crippen molar-refractivity contribution in [3.8, 4) is 0 Å². The number of amides is 2. The fourth-order valence-corrected chi connectivity index (χ4v) is 5.16. The first-order chi connectivity index (χ1) is 14.0. The van der Waals surface area contributed by atoms with Crippen molar-refractivity contribution < 1.29 is 9.59 Å². The summed E-state index contributed by atoms with van der Waals surface area (Å²) in [6.45, 7) is 8.03. The summed E-state index contributed by atoms with van der Waals surface area (Å²) in [5.74, 6) is 0.797. The molecule has 0 aliphatic carbocycles. The molecular weight excluding hydrogens is 364 g/mol. The molecule has 1 aromatic heterocycles. The highest BCUT2D eigenvalue weighted by Crippen LogP contribution is 2.52. The van der Waals surface area contributed by atoms with Gasteiger partial charge in [-0.05, 0) is 57.1 Å². The molecule has 2 aliphatic rings. The number of aromatic nitrogens is 1. The number of rotatable bonds is 10. The standard InChI is InChI=1S/C23H36N4O2/c1-4-24-21(28)16-27-19-8-9-20(27)23(15-19,12-10-17(2)3)22(29)26-14-11-18-7-5-6-13-25-18/h5-7,13,17,19-20H,4,8-12,14-16H2,1-3H3,(H,24,28)(H,26,29)/t19-,20+,23+/m1/s1. The fourth-order valence-electron chi connectivity index (χ4n) is 5.16. The average Bonchev–Trinajstić information content (AvgIpc) is 3.22. The number of pyridine rings is 1. The second-order valence-corrected chi connectivity index (χ2v) is 8.99. The van der Waals surface area contributed by atoms with Gasteiger partial charge in [0.25, 0.3) is 0 Å². The van der Waals surface area contributed by atoms with Gasteiger partial charge in [-0.3, -0.25) is 19.5 Å². The van der Waals surface area contributed by atoms with Crippen LogP contribution < -0.4 is 10.6 Å². The van der Waals surface area contributed by atoms with Crippen molar-refractivity contribution in [2.45, 2.75) is 71.4 Å². The van der Waals surface area contributed by atoms with Gasteiger partial charge < -0.3 is 10.6 Å². The Bertz CT molecular complexity index is 693. The van der Waals surface area contributed by atoms with Crippen molar-refractivity contribution >= 4 is 11.8 Å². The molecule has 3 rings (SSSR count). The highest BCUT2D eigenvalue weighted by molar-refractivity contribution is 5.85. The van der Waals surface area contributed by atoms with Gasteiger partial charge in [0.2, 0.25) is 11.8 Å². The molecule has 1 aromatic rings. The highest BCUT2D eigenvalue weighted by Gasteiger charge is 2.59. The maximum Gasteiger partial charge on any atom is 0.234 e. The smallest absolute Gasteiger partial charge is 0.234 e. The Morgan fingerprint density at radius 3 is 2.79 bits per heavy atom. The first kappa shape index (κ1) is 21.8. The van der Waals surface area contributed by atoms with Crippen LogP contribution in [-0.2, 0) is 16.0 Å². The zero-order chi connectivity index (χ0) is 20.9. The van der Waals surface area contributed by atoms with E-state index in [1.54, 1.807) is 6.20 Å². The van der Waals surface area contributed by atoms with E-state index in [1.807, 2.05) is 25.1 Å². The topological polar surface area (TPSA) is 74.3 Å². The number of carbonyl (C=O) groups is 2. The van der Waals surface area contributed by atoms with E-state index in [9.17, 15) is 9.59 Å². The monoisotopic (exact) mass is 400 g/mol. The molecule has 6 heteroatoms. The van der Waals surface area contributed by atoms with Crippen LogP contribution in [0.5, 0.6) is 0 Å². The molecule has 2 saturated heterocycles. The van der Waals surface area contributed by atoms with Crippen LogP contribution in [0.4, 0.5) is 0 Å². The lowest BCUT2D eigenvalue weighted by Gasteiger charge is -2.37. The summed E-state index contributed by atoms with van der Waals surface area (Å²) in [6, 6.07) is 6.39. The third-order valence-corrected chi connectivity index (χ3v) is 6.59. The predicted molar refractivity (Wildman–Crippen MR) is 114 cm³/mol. The Hall–Kier alpha value is -1.95. The number of nitrogens with zero attached hydrogens (tertiary/aromatic N) is 2. The van der Waals surface area contributed by atoms with Crippen LogP contribution in [0.15, 0.2) is 24.4 Å². The van der Waals surface area contributed by atoms with Gasteiger partial charge in [0.15, 0.2) is 0 Å². The summed E-state index contributed by atoms with van der Waals surface area (Å²) in [6.07, 6.45) is 7.43. The molecule has 29 heavy (non-hydrogen) atoms. The van der Waals surface area contributed by atoms with E-state index in [4.69, 9.17) is 0 Å². The molecule has 2 fully saturated rings. The minimum atomic E-state index is -0.371. The number of fused-ring (bicyclic) bond motifs is 2. The maximum absolute atomic E-state index is 13.5. The minimum absolute atomic E-state index is 0.0691. The predicted octanol–water partition coefficient (Wildman–Crippen LogP) is 2.54. The van der Waals surface area contributed by atoms with Gasteiger partial charge in [0.1, 0.15) is 0 Å². The van der Waals surface area contributed by atoms with Crippen LogP contribution in [-0.4, -0.2) is 53.4 Å². The molecule has 0 saturated carbocycles. The normalized spacial score (nSPS) is 26.1. The SMILES string of the molecule is CCNC(=O)CN1[C@@H]2CC[C@H]1[C@@](CCC(C)C)(C(=O)NCCc1ccccn1)C2. The second-order valence-electron chi connectivity index (χ2n) is 8.99. The van der Waals surface area contributed by atoms with Gasteiger partial charge in [-0.15, -0.1) is 0 Å². The van der Waals surface area contributed by atoms with E-state index >= 15 is 0 Å². The molecule has 2 bridgehead atoms. The molecule has 2 N–H and O–H groups in total. The van der Waals surface area contributed by atoms with E-state index in [2.05, 4.69) is 34.4 Å². The molecular formula is C23H36N4O2. The van der Waals surface area contributed by atoms with Crippen molar-refractivity contribution in [3.05, 3.63) is 30.1 Å². The first-order valence-electron chi connectivity index (χ1n) is 11.2. The lowest BCUT2D eigenvalue weighted by atomic mass is 9.69. The van der Waals surface area contributed by atoms with Gasteiger partial charge in [-0.2, -0.15) is 0 Å². The first-order valence-corrected chi connectivity index (χ1v) is 11.2. The molecule has 2 aliphatic heterocycles. The summed E-state index contributed by atoms with van der Waals surface area (Å²) >= 11 is 0. The third-order valence-electron chi connectivity index (χ3n) is 6.59. The molecule has 6 nitrogen and oxygen atoms in total. The van der Waals surface area contributed by atoms with Gasteiger partial charge in [0.05, 0.1) is 12.0 Å². The Kier molecular flexibility index (Phi) is 7.28. The van der Waals surface area contributed by atoms with E-state index in [0.29, 0.717) is 31.6 Å². The van der Waals surface area contributed by atoms with E-state index in [0.717, 1.165) is 44.2 Å². The fraction of sp³-hybridized carbons (Fsp3) is 0.696. The molecule has 0 spiro atoms. The molecule has 160 valence electrons. The van der Waals surface area contributed by atoms with Crippen LogP contribution in [0.3, 0.4) is 0 Å². The zero-order valence-electron chi connectivity index (χ0n) is 18.1. The average molecular weight is 401 g/mol. The van der Waals surface area contributed by atoms with Crippen LogP contribution in [0.25, 0.3) is 0 Å². The summed E-state index contributed by atoms with van der Waals surface area (Å²) in [7, 11) is 0. The third kappa shape index (κ3) is 4.97. The molecule has 2 amide bonds. The van der Waals surface area contributed by atoms with Crippen LogP contribution in [0, 0.1) is 11.3 Å². The lowest BCUT2D eigenvalue weighted by Crippen LogP contribution is -2.50. The Morgan fingerprint density at radius 1 is 1.28 bits per heavy atom. The largest absolute Gasteiger partial charge is 0.355 e. The van der Waals surface area contributed by atoms with Crippen molar-refractivity contribution in [3.63, 3.8) is 0 Å². The van der Waals surface area contributed by atoms with Crippen molar-refractivity contribution in [1.82, 2.24) is 20.5 Å². The summed E-state index contributed by atoms with van der Waals surface area (Å²) in [4.78, 5) is 32.3. The number of hydrogen-bond donors (Lipinski definition) is 2. The quantitative estimate of drug-likeness (QED) is 0.633. The maximum atomic E-state index is 13.5. The second kappa shape index (κ2) is 9.70. The van der Waals surface area contributed by atoms with Gasteiger partial charge in [-0.1, -0.05) is 19.9 Å². The van der Waals surface area contributed by atoms with Gasteiger partial charge in [-0.25, -0.2) is 0 Å². The zero-order valence-corrected chi connectivity index (χ0v) is 18.1. The molecule has 0 aromatic carbocycles. The Labute approximate surface area is 174 Å². The Balaban J connectivity index is 1.68. The minimum Gasteiger partial charge on any atom is -0.355 e. The molecule has 0 radical (unpaired) electrons. The number of hydrogen-bond acceptors (Lipinski definition) is 4. The van der Waals surface area contributed by atoms with Gasteiger partial charge in [0, 0.05) is 43.5 Å². The van der Waals surface area contributed by atoms with E-state index in [1.165, 1.54) is 0 Å². The van der Waals surface area contributed by atoms with Crippen molar-refractivity contribution in [1.29, 1.82) is 0 Å². The molecule has 0 unspecified atom stereocenters. The van der Waals surface area contributed by atoms with Crippen molar-refractivity contribution in [2.75, 3.05) is 19.6 Å². The Morgan fingerprint density at radius 2 is 2.10 bits per heavy atom. The number of carbonyl (C=O) groups excluding carboxylic acids is 2. The number of nitrogens with one attached hydrogen (secondary N) is 2. The van der Waals surface area contributed by atoms with Crippen LogP contribution in [0.1, 0.15) is 58.6 Å². The molecule has 3 atom stereocenters. The lowest BCUT2D eigenvalue weighted by molar-refractivity contribution is -0.134. The van der Waals surface area contributed by atoms with Crippen LogP contribution in [0.2, 0.25) is 0 Å². The van der Waals surface area contributed by atoms with Crippen molar-refractivity contribution in [2.24, 2.45) is 11.3 Å². The summed E-state index contributed by atoms with van der Waals surface area (Å²) < 4.78 is 0. The highest BCUT2D eigenvalue weighted by atomic mass is 16.2. The van der Waals surface area contributed by atoms with Gasteiger partial charge >= 0.3 is 0 Å². The molecule has 3 heterocycles. The summed E-state index contributed by atoms with van der Waals surface area (Å²) in [5, 5.41) is 6.13. The van der Waals surface area contributed by atoms with Crippen LogP contribution >= 0.6 is 0 Å². The van der Waals surface area contributed by atoms with E-state index in [-0.39, 0.29) is 23.3 Å². The number of likely N-dealkylation sites (N-methyl/N-ethyl adjacent to an activating group) is 1. The summed E-state index contributed by atoms with van der Waals surface area (Å²) in [5.41, 5.74) is 0.624. The van der Waals surface area contributed by atoms with E-state index < -0.39 is 0 Å².